The number of aromatic nitrogens is 1. The quantitative estimate of drug-likeness (QED) is 0.940. The van der Waals surface area contributed by atoms with E-state index < -0.39 is 0 Å². The molecule has 0 unspecified atom stereocenters. The Kier molecular flexibility index (Phi) is 4.47. The minimum Gasteiger partial charge on any atom is -0.326 e. The molecule has 0 atom stereocenters. The molecule has 4 heteroatoms. The monoisotopic (exact) mass is 304 g/mol. The molecule has 1 amide bonds. The number of nitrogens with zero attached hydrogens (tertiary/aromatic N) is 1. The van der Waals surface area contributed by atoms with Gasteiger partial charge < -0.3 is 5.32 Å². The molecule has 92 valence electrons. The van der Waals surface area contributed by atoms with Crippen LogP contribution in [0.25, 0.3) is 0 Å². The van der Waals surface area contributed by atoms with Crippen LogP contribution in [0.4, 0.5) is 5.69 Å². The van der Waals surface area contributed by atoms with Crippen LogP contribution in [0.15, 0.2) is 53.3 Å². The summed E-state index contributed by atoms with van der Waals surface area (Å²) in [6.45, 7) is 0. The summed E-state index contributed by atoms with van der Waals surface area (Å²) >= 11 is 3.35. The number of carbonyl (C=O) groups excluding carboxylic acids is 1. The number of nitrogens with one attached hydrogen (secondary N) is 1. The van der Waals surface area contributed by atoms with Crippen molar-refractivity contribution in [2.45, 2.75) is 12.8 Å². The largest absolute Gasteiger partial charge is 0.326 e. The third-order valence-corrected chi connectivity index (χ3v) is 3.05. The molecule has 18 heavy (non-hydrogen) atoms. The Hall–Kier alpha value is -1.68. The van der Waals surface area contributed by atoms with Crippen LogP contribution in [0.3, 0.4) is 0 Å². The lowest BCUT2D eigenvalue weighted by Crippen LogP contribution is -2.12. The van der Waals surface area contributed by atoms with Crippen LogP contribution < -0.4 is 5.32 Å². The van der Waals surface area contributed by atoms with Crippen molar-refractivity contribution in [2.24, 2.45) is 0 Å². The van der Waals surface area contributed by atoms with Gasteiger partial charge in [-0.1, -0.05) is 15.9 Å². The first-order valence-electron chi connectivity index (χ1n) is 5.68. The molecule has 0 radical (unpaired) electrons. The Balaban J connectivity index is 1.84. The molecule has 0 saturated carbocycles. The molecule has 0 aliphatic heterocycles. The number of anilines is 1. The number of benzene rings is 1. The molecule has 0 saturated heterocycles. The van der Waals surface area contributed by atoms with E-state index in [4.69, 9.17) is 0 Å². The lowest BCUT2D eigenvalue weighted by atomic mass is 10.1. The zero-order valence-corrected chi connectivity index (χ0v) is 11.4. The van der Waals surface area contributed by atoms with E-state index >= 15 is 0 Å². The highest BCUT2D eigenvalue weighted by atomic mass is 79.9. The Bertz CT molecular complexity index is 511. The second-order valence-corrected chi connectivity index (χ2v) is 4.83. The second kappa shape index (κ2) is 6.31. The van der Waals surface area contributed by atoms with Crippen molar-refractivity contribution in [3.63, 3.8) is 0 Å². The summed E-state index contributed by atoms with van der Waals surface area (Å²) in [4.78, 5) is 15.7. The molecule has 0 aliphatic carbocycles. The Labute approximate surface area is 114 Å². The first kappa shape index (κ1) is 12.8. The number of halogens is 1. The normalized spacial score (nSPS) is 10.1. The Morgan fingerprint density at radius 1 is 1.11 bits per heavy atom. The van der Waals surface area contributed by atoms with Crippen LogP contribution in [0.1, 0.15) is 12.0 Å². The summed E-state index contributed by atoms with van der Waals surface area (Å²) < 4.78 is 0.997. The van der Waals surface area contributed by atoms with E-state index in [0.29, 0.717) is 6.42 Å². The van der Waals surface area contributed by atoms with Crippen molar-refractivity contribution < 1.29 is 4.79 Å². The lowest BCUT2D eigenvalue weighted by molar-refractivity contribution is -0.116. The summed E-state index contributed by atoms with van der Waals surface area (Å²) in [5, 5.41) is 2.86. The molecule has 2 rings (SSSR count). The van der Waals surface area contributed by atoms with Crippen molar-refractivity contribution in [2.75, 3.05) is 5.32 Å². The molecule has 0 fully saturated rings. The Morgan fingerprint density at radius 3 is 2.44 bits per heavy atom. The van der Waals surface area contributed by atoms with Crippen molar-refractivity contribution in [3.05, 3.63) is 58.8 Å². The SMILES string of the molecule is O=C(CCc1ccncc1)Nc1ccc(Br)cc1. The Morgan fingerprint density at radius 2 is 1.78 bits per heavy atom. The standard InChI is InChI=1S/C14H13BrN2O/c15-12-2-4-13(5-3-12)17-14(18)6-1-11-7-9-16-10-8-11/h2-5,7-10H,1,6H2,(H,17,18). The van der Waals surface area contributed by atoms with Gasteiger partial charge in [0.15, 0.2) is 0 Å². The summed E-state index contributed by atoms with van der Waals surface area (Å²) in [6.07, 6.45) is 4.68. The van der Waals surface area contributed by atoms with Gasteiger partial charge in [-0.3, -0.25) is 9.78 Å². The number of hydrogen-bond donors (Lipinski definition) is 1. The van der Waals surface area contributed by atoms with Crippen LogP contribution in [0.2, 0.25) is 0 Å². The summed E-state index contributed by atoms with van der Waals surface area (Å²) in [5.41, 5.74) is 1.94. The first-order chi connectivity index (χ1) is 8.74. The van der Waals surface area contributed by atoms with Crippen LogP contribution in [0.5, 0.6) is 0 Å². The highest BCUT2D eigenvalue weighted by molar-refractivity contribution is 9.10. The molecule has 1 N–H and O–H groups in total. The molecule has 0 bridgehead atoms. The van der Waals surface area contributed by atoms with E-state index in [1.807, 2.05) is 36.4 Å². The predicted molar refractivity (Wildman–Crippen MR) is 75.3 cm³/mol. The van der Waals surface area contributed by atoms with E-state index in [0.717, 1.165) is 22.1 Å². The maximum atomic E-state index is 11.7. The maximum absolute atomic E-state index is 11.7. The average molecular weight is 305 g/mol. The number of pyridine rings is 1. The zero-order chi connectivity index (χ0) is 12.8. The van der Waals surface area contributed by atoms with E-state index in [9.17, 15) is 4.79 Å². The highest BCUT2D eigenvalue weighted by Crippen LogP contribution is 2.14. The van der Waals surface area contributed by atoms with Crippen molar-refractivity contribution >= 4 is 27.5 Å². The van der Waals surface area contributed by atoms with Crippen LogP contribution in [0, 0.1) is 0 Å². The molecule has 1 aromatic heterocycles. The topological polar surface area (TPSA) is 42.0 Å². The molecular weight excluding hydrogens is 292 g/mol. The van der Waals surface area contributed by atoms with Gasteiger partial charge in [0.25, 0.3) is 0 Å². The smallest absolute Gasteiger partial charge is 0.224 e. The number of aryl methyl sites for hydroxylation is 1. The second-order valence-electron chi connectivity index (χ2n) is 3.91. The van der Waals surface area contributed by atoms with Crippen LogP contribution in [-0.4, -0.2) is 10.9 Å². The van der Waals surface area contributed by atoms with Gasteiger partial charge in [-0.05, 0) is 48.4 Å². The zero-order valence-electron chi connectivity index (χ0n) is 9.77. The predicted octanol–water partition coefficient (Wildman–Crippen LogP) is 3.42. The van der Waals surface area contributed by atoms with E-state index in [1.165, 1.54) is 0 Å². The third kappa shape index (κ3) is 3.96. The van der Waals surface area contributed by atoms with E-state index in [1.54, 1.807) is 12.4 Å². The molecule has 0 spiro atoms. The van der Waals surface area contributed by atoms with Gasteiger partial charge in [0.1, 0.15) is 0 Å². The molecule has 0 aliphatic rings. The first-order valence-corrected chi connectivity index (χ1v) is 6.47. The van der Waals surface area contributed by atoms with Crippen molar-refractivity contribution in [3.8, 4) is 0 Å². The lowest BCUT2D eigenvalue weighted by Gasteiger charge is -2.05. The summed E-state index contributed by atoms with van der Waals surface area (Å²) in [6, 6.07) is 11.4. The van der Waals surface area contributed by atoms with Crippen molar-refractivity contribution in [1.29, 1.82) is 0 Å². The van der Waals surface area contributed by atoms with Gasteiger partial charge in [-0.25, -0.2) is 0 Å². The van der Waals surface area contributed by atoms with Crippen LogP contribution in [-0.2, 0) is 11.2 Å². The third-order valence-electron chi connectivity index (χ3n) is 2.52. The summed E-state index contributed by atoms with van der Waals surface area (Å²) in [5.74, 6) is 0.0223. The fraction of sp³-hybridized carbons (Fsp3) is 0.143. The maximum Gasteiger partial charge on any atom is 0.224 e. The minimum atomic E-state index is 0.0223. The number of rotatable bonds is 4. The average Bonchev–Trinajstić information content (AvgIpc) is 2.40. The van der Waals surface area contributed by atoms with Gasteiger partial charge in [0, 0.05) is 29.0 Å². The number of carbonyl (C=O) groups is 1. The fourth-order valence-electron chi connectivity index (χ4n) is 1.56. The van der Waals surface area contributed by atoms with Gasteiger partial charge in [0.05, 0.1) is 0 Å². The molecule has 2 aromatic rings. The molecule has 1 aromatic carbocycles. The minimum absolute atomic E-state index is 0.0223. The number of amides is 1. The van der Waals surface area contributed by atoms with Gasteiger partial charge >= 0.3 is 0 Å². The molecular formula is C14H13BrN2O. The molecule has 1 heterocycles. The van der Waals surface area contributed by atoms with E-state index in [-0.39, 0.29) is 5.91 Å². The summed E-state index contributed by atoms with van der Waals surface area (Å²) in [7, 11) is 0. The number of hydrogen-bond acceptors (Lipinski definition) is 2. The van der Waals surface area contributed by atoms with Gasteiger partial charge in [-0.2, -0.15) is 0 Å². The van der Waals surface area contributed by atoms with Gasteiger partial charge in [-0.15, -0.1) is 0 Å². The van der Waals surface area contributed by atoms with E-state index in [2.05, 4.69) is 26.2 Å². The van der Waals surface area contributed by atoms with Crippen molar-refractivity contribution in [1.82, 2.24) is 4.98 Å². The fourth-order valence-corrected chi connectivity index (χ4v) is 1.83. The molecule has 3 nitrogen and oxygen atoms in total. The van der Waals surface area contributed by atoms with Gasteiger partial charge in [0.2, 0.25) is 5.91 Å². The highest BCUT2D eigenvalue weighted by Gasteiger charge is 2.02. The van der Waals surface area contributed by atoms with Crippen LogP contribution >= 0.6 is 15.9 Å².